The van der Waals surface area contributed by atoms with E-state index in [0.717, 1.165) is 4.57 Å². The number of aromatic amines is 1. The summed E-state index contributed by atoms with van der Waals surface area (Å²) < 4.78 is 44.3. The predicted molar refractivity (Wildman–Crippen MR) is 116 cm³/mol. The SMILES string of the molecule is O=C(Nc1cccc(OC(F)F)c1)c1ccc2c(=O)n(-c3ccccc3F)c(=S)[nH]c2c1. The Hall–Kier alpha value is -3.92. The summed E-state index contributed by atoms with van der Waals surface area (Å²) in [7, 11) is 0. The molecule has 4 rings (SSSR count). The summed E-state index contributed by atoms with van der Waals surface area (Å²) in [5, 5.41) is 2.77. The molecule has 0 bridgehead atoms. The lowest BCUT2D eigenvalue weighted by Crippen LogP contribution is -2.22. The number of hydrogen-bond acceptors (Lipinski definition) is 4. The third kappa shape index (κ3) is 4.26. The number of aromatic nitrogens is 2. The van der Waals surface area contributed by atoms with Crippen LogP contribution in [0.3, 0.4) is 0 Å². The van der Waals surface area contributed by atoms with Crippen LogP contribution in [0.4, 0.5) is 18.9 Å². The van der Waals surface area contributed by atoms with Gasteiger partial charge in [-0.15, -0.1) is 0 Å². The maximum atomic E-state index is 14.2. The van der Waals surface area contributed by atoms with Gasteiger partial charge in [-0.1, -0.05) is 18.2 Å². The number of rotatable bonds is 5. The second-order valence-corrected chi connectivity index (χ2v) is 7.03. The van der Waals surface area contributed by atoms with E-state index in [1.807, 2.05) is 0 Å². The van der Waals surface area contributed by atoms with Gasteiger partial charge in [-0.05, 0) is 54.7 Å². The number of anilines is 1. The van der Waals surface area contributed by atoms with Gasteiger partial charge in [-0.25, -0.2) is 8.96 Å². The molecule has 6 nitrogen and oxygen atoms in total. The lowest BCUT2D eigenvalue weighted by atomic mass is 10.1. The Kier molecular flexibility index (Phi) is 5.78. The van der Waals surface area contributed by atoms with Crippen LogP contribution in [0.15, 0.2) is 71.5 Å². The first-order valence-corrected chi connectivity index (χ1v) is 9.64. The number of carbonyl (C=O) groups excluding carboxylic acids is 1. The normalized spacial score (nSPS) is 11.0. The molecule has 1 aromatic heterocycles. The molecular weight excluding hydrogens is 443 g/mol. The molecule has 0 aliphatic rings. The maximum absolute atomic E-state index is 14.2. The van der Waals surface area contributed by atoms with Gasteiger partial charge in [-0.2, -0.15) is 8.78 Å². The first kappa shape index (κ1) is 21.3. The fourth-order valence-corrected chi connectivity index (χ4v) is 3.46. The maximum Gasteiger partial charge on any atom is 0.387 e. The van der Waals surface area contributed by atoms with Gasteiger partial charge in [0.1, 0.15) is 11.6 Å². The number of benzene rings is 3. The molecule has 32 heavy (non-hydrogen) atoms. The highest BCUT2D eigenvalue weighted by atomic mass is 32.1. The number of carbonyl (C=O) groups is 1. The van der Waals surface area contributed by atoms with E-state index < -0.39 is 23.9 Å². The standard InChI is InChI=1S/C22H14F3N3O3S/c23-16-6-1-2-7-18(16)28-20(30)15-9-8-12(10-17(15)27-22(28)32)19(29)26-13-4-3-5-14(11-13)31-21(24)25/h1-11,21H,(H,26,29)(H,27,32). The van der Waals surface area contributed by atoms with Crippen molar-refractivity contribution >= 4 is 34.7 Å². The lowest BCUT2D eigenvalue weighted by molar-refractivity contribution is -0.0498. The average molecular weight is 457 g/mol. The van der Waals surface area contributed by atoms with E-state index in [1.165, 1.54) is 60.7 Å². The molecule has 162 valence electrons. The van der Waals surface area contributed by atoms with E-state index in [2.05, 4.69) is 15.0 Å². The highest BCUT2D eigenvalue weighted by Gasteiger charge is 2.14. The van der Waals surface area contributed by atoms with Gasteiger partial charge in [0, 0.05) is 17.3 Å². The highest BCUT2D eigenvalue weighted by Crippen LogP contribution is 2.21. The molecule has 0 spiro atoms. The summed E-state index contributed by atoms with van der Waals surface area (Å²) in [4.78, 5) is 28.4. The van der Waals surface area contributed by atoms with Crippen molar-refractivity contribution in [3.8, 4) is 11.4 Å². The minimum absolute atomic E-state index is 0.00775. The summed E-state index contributed by atoms with van der Waals surface area (Å²) in [6.45, 7) is -2.99. The van der Waals surface area contributed by atoms with Crippen LogP contribution in [0.2, 0.25) is 0 Å². The van der Waals surface area contributed by atoms with Crippen molar-refractivity contribution in [2.24, 2.45) is 0 Å². The van der Waals surface area contributed by atoms with Crippen LogP contribution in [-0.4, -0.2) is 22.1 Å². The summed E-state index contributed by atoms with van der Waals surface area (Å²) in [5.41, 5.74) is 0.184. The van der Waals surface area contributed by atoms with Crippen LogP contribution in [0.1, 0.15) is 10.4 Å². The molecule has 0 radical (unpaired) electrons. The van der Waals surface area contributed by atoms with Gasteiger partial charge in [0.2, 0.25) is 0 Å². The molecule has 1 amide bonds. The fraction of sp³-hybridized carbons (Fsp3) is 0.0455. The van der Waals surface area contributed by atoms with Crippen LogP contribution in [0.5, 0.6) is 5.75 Å². The number of alkyl halides is 2. The van der Waals surface area contributed by atoms with Gasteiger partial charge >= 0.3 is 6.61 Å². The molecule has 0 aliphatic heterocycles. The monoisotopic (exact) mass is 457 g/mol. The Bertz CT molecular complexity index is 1450. The van der Waals surface area contributed by atoms with Crippen LogP contribution in [0, 0.1) is 10.6 Å². The van der Waals surface area contributed by atoms with Gasteiger partial charge in [0.15, 0.2) is 4.77 Å². The third-order valence-corrected chi connectivity index (χ3v) is 4.86. The number of nitrogens with one attached hydrogen (secondary N) is 2. The largest absolute Gasteiger partial charge is 0.435 e. The molecule has 2 N–H and O–H groups in total. The zero-order valence-corrected chi connectivity index (χ0v) is 17.0. The van der Waals surface area contributed by atoms with E-state index >= 15 is 0 Å². The van der Waals surface area contributed by atoms with Crippen molar-refractivity contribution in [2.75, 3.05) is 5.32 Å². The van der Waals surface area contributed by atoms with Crippen molar-refractivity contribution in [3.05, 3.63) is 93.2 Å². The molecule has 4 aromatic rings. The number of fused-ring (bicyclic) bond motifs is 1. The minimum Gasteiger partial charge on any atom is -0.435 e. The number of nitrogens with zero attached hydrogens (tertiary/aromatic N) is 1. The quantitative estimate of drug-likeness (QED) is 0.412. The third-order valence-electron chi connectivity index (χ3n) is 4.57. The van der Waals surface area contributed by atoms with E-state index in [4.69, 9.17) is 12.2 Å². The van der Waals surface area contributed by atoms with Crippen LogP contribution in [0.25, 0.3) is 16.6 Å². The van der Waals surface area contributed by atoms with Gasteiger partial charge in [-0.3, -0.25) is 9.59 Å². The molecule has 0 saturated heterocycles. The van der Waals surface area contributed by atoms with Crippen molar-refractivity contribution in [2.45, 2.75) is 6.61 Å². The van der Waals surface area contributed by atoms with Gasteiger partial charge < -0.3 is 15.0 Å². The lowest BCUT2D eigenvalue weighted by Gasteiger charge is -2.11. The zero-order valence-electron chi connectivity index (χ0n) is 16.1. The first-order chi connectivity index (χ1) is 15.3. The van der Waals surface area contributed by atoms with E-state index in [0.29, 0.717) is 0 Å². The number of hydrogen-bond donors (Lipinski definition) is 2. The Morgan fingerprint density at radius 3 is 2.59 bits per heavy atom. The molecule has 3 aromatic carbocycles. The number of amides is 1. The molecule has 0 atom stereocenters. The summed E-state index contributed by atoms with van der Waals surface area (Å²) >= 11 is 5.24. The predicted octanol–water partition coefficient (Wildman–Crippen LogP) is 5.04. The Morgan fingerprint density at radius 1 is 1.06 bits per heavy atom. The fourth-order valence-electron chi connectivity index (χ4n) is 3.16. The van der Waals surface area contributed by atoms with Gasteiger partial charge in [0.25, 0.3) is 11.5 Å². The van der Waals surface area contributed by atoms with E-state index in [1.54, 1.807) is 6.07 Å². The molecular formula is C22H14F3N3O3S. The molecule has 0 unspecified atom stereocenters. The molecule has 0 fully saturated rings. The topological polar surface area (TPSA) is 76.1 Å². The van der Waals surface area contributed by atoms with Crippen molar-refractivity contribution in [1.82, 2.24) is 9.55 Å². The van der Waals surface area contributed by atoms with E-state index in [-0.39, 0.29) is 38.4 Å². The Labute approximate surface area is 183 Å². The highest BCUT2D eigenvalue weighted by molar-refractivity contribution is 7.71. The summed E-state index contributed by atoms with van der Waals surface area (Å²) in [6.07, 6.45) is 0. The number of para-hydroxylation sites is 1. The van der Waals surface area contributed by atoms with Crippen LogP contribution >= 0.6 is 12.2 Å². The average Bonchev–Trinajstić information content (AvgIpc) is 2.74. The minimum atomic E-state index is -2.99. The smallest absolute Gasteiger partial charge is 0.387 e. The Balaban J connectivity index is 1.68. The van der Waals surface area contributed by atoms with E-state index in [9.17, 15) is 22.8 Å². The molecule has 0 aliphatic carbocycles. The van der Waals surface area contributed by atoms with Gasteiger partial charge in [0.05, 0.1) is 16.6 Å². The van der Waals surface area contributed by atoms with Crippen LogP contribution < -0.4 is 15.6 Å². The summed E-state index contributed by atoms with van der Waals surface area (Å²) in [5.74, 6) is -1.25. The Morgan fingerprint density at radius 2 is 1.84 bits per heavy atom. The van der Waals surface area contributed by atoms with Crippen LogP contribution in [-0.2, 0) is 0 Å². The number of ether oxygens (including phenoxy) is 1. The molecule has 0 saturated carbocycles. The molecule has 10 heteroatoms. The molecule has 1 heterocycles. The van der Waals surface area contributed by atoms with Crippen molar-refractivity contribution in [1.29, 1.82) is 0 Å². The summed E-state index contributed by atoms with van der Waals surface area (Å²) in [6, 6.07) is 15.5. The van der Waals surface area contributed by atoms with Crippen molar-refractivity contribution < 1.29 is 22.7 Å². The number of H-pyrrole nitrogens is 1. The zero-order chi connectivity index (χ0) is 22.8. The second-order valence-electron chi connectivity index (χ2n) is 6.64. The van der Waals surface area contributed by atoms with Crippen molar-refractivity contribution in [3.63, 3.8) is 0 Å². The second kappa shape index (κ2) is 8.67. The first-order valence-electron chi connectivity index (χ1n) is 9.24. The number of halogens is 3.